The zero-order valence-electron chi connectivity index (χ0n) is 1.97. The number of hydrogen-bond donors (Lipinski definition) is 1. The van der Waals surface area contributed by atoms with E-state index in [-0.39, 0.29) is 23.5 Å². The third kappa shape index (κ3) is 17600. The van der Waals surface area contributed by atoms with Gasteiger partial charge >= 0.3 is 0 Å². The molecule has 1 amide bonds. The van der Waals surface area contributed by atoms with Crippen LogP contribution in [-0.2, 0) is 4.79 Å². The molecule has 0 unspecified atom stereocenters. The number of amides is 1. The van der Waals surface area contributed by atoms with Crippen LogP contribution in [0.25, 0.3) is 0 Å². The predicted octanol–water partition coefficient (Wildman–Crippen LogP) is -1.28. The Bertz CT molecular complexity index is 15.5. The van der Waals surface area contributed by atoms with Crippen LogP contribution in [0.4, 0.5) is 0 Å². The molecule has 0 atom stereocenters. The van der Waals surface area contributed by atoms with Crippen molar-refractivity contribution in [2.75, 3.05) is 0 Å². The van der Waals surface area contributed by atoms with Gasteiger partial charge in [-0.2, -0.15) is 0 Å². The van der Waals surface area contributed by atoms with Gasteiger partial charge in [0.1, 0.15) is 0 Å². The van der Waals surface area contributed by atoms with Crippen molar-refractivity contribution in [3.8, 4) is 0 Å². The summed E-state index contributed by atoms with van der Waals surface area (Å²) in [5.41, 5.74) is 4.17. The molecule has 2 radical (unpaired) electrons. The second-order valence-corrected chi connectivity index (χ2v) is 0.136. The fourth-order valence-corrected chi connectivity index (χ4v) is 0. The Hall–Kier alpha value is -0.0105. The second-order valence-electron chi connectivity index (χ2n) is 0.136. The van der Waals surface area contributed by atoms with E-state index in [1.54, 1.807) is 0 Å². The first-order valence-corrected chi connectivity index (χ1v) is 0.569. The summed E-state index contributed by atoms with van der Waals surface area (Å²) in [4.78, 5) is 8.58. The molecule has 0 aliphatic heterocycles. The third-order valence-electron chi connectivity index (χ3n) is 0. The van der Waals surface area contributed by atoms with Crippen LogP contribution in [0.1, 0.15) is 0 Å². The summed E-state index contributed by atoms with van der Waals surface area (Å²) in [6.45, 7) is 0. The Morgan fingerprint density at radius 2 is 1.75 bits per heavy atom. The van der Waals surface area contributed by atoms with E-state index in [9.17, 15) is 0 Å². The van der Waals surface area contributed by atoms with Crippen molar-refractivity contribution in [3.63, 3.8) is 0 Å². The molecule has 0 rings (SSSR count). The summed E-state index contributed by atoms with van der Waals surface area (Å²) in [5.74, 6) is 0. The minimum Gasteiger partial charge on any atom is -0.372 e. The van der Waals surface area contributed by atoms with Gasteiger partial charge in [-0.1, -0.05) is 0 Å². The summed E-state index contributed by atoms with van der Waals surface area (Å²) in [6, 6.07) is 0. The van der Waals surface area contributed by atoms with Gasteiger partial charge in [0.05, 0.1) is 0 Å². The van der Waals surface area contributed by atoms with E-state index >= 15 is 0 Å². The van der Waals surface area contributed by atoms with E-state index in [4.69, 9.17) is 4.79 Å². The summed E-state index contributed by atoms with van der Waals surface area (Å²) >= 11 is 0. The van der Waals surface area contributed by atoms with E-state index in [1.165, 1.54) is 0 Å². The Morgan fingerprint density at radius 1 is 1.75 bits per heavy atom. The molecule has 0 saturated heterocycles. The first-order valence-electron chi connectivity index (χ1n) is 0.569. The molecule has 0 bridgehead atoms. The molecule has 0 saturated carbocycles. The van der Waals surface area contributed by atoms with Crippen molar-refractivity contribution in [3.05, 3.63) is 0 Å². The van der Waals surface area contributed by atoms with Crippen LogP contribution in [0.2, 0.25) is 0 Å². The first-order chi connectivity index (χ1) is 1.41. The molecule has 0 aliphatic rings. The summed E-state index contributed by atoms with van der Waals surface area (Å²) in [6.07, 6.45) is 0.250. The first kappa shape index (κ1) is 9.01. The van der Waals surface area contributed by atoms with Crippen LogP contribution >= 0.6 is 0 Å². The summed E-state index contributed by atoms with van der Waals surface area (Å²) < 4.78 is 0. The minimum atomic E-state index is 0. The van der Waals surface area contributed by atoms with Crippen molar-refractivity contribution in [1.29, 1.82) is 0 Å². The van der Waals surface area contributed by atoms with Gasteiger partial charge in [0.2, 0.25) is 6.41 Å². The number of rotatable bonds is 0. The van der Waals surface area contributed by atoms with Crippen molar-refractivity contribution in [1.82, 2.24) is 0 Å². The SMILES string of the molecule is NC=O.[Se]. The fourth-order valence-electron chi connectivity index (χ4n) is 0. The molecule has 0 aromatic heterocycles. The minimum absolute atomic E-state index is 0. The van der Waals surface area contributed by atoms with Crippen molar-refractivity contribution >= 4 is 23.5 Å². The zero-order valence-corrected chi connectivity index (χ0v) is 3.68. The quantitative estimate of drug-likeness (QED) is 0.317. The molecule has 3 heteroatoms. The van der Waals surface area contributed by atoms with Crippen LogP contribution < -0.4 is 5.73 Å². The Balaban J connectivity index is 0. The summed E-state index contributed by atoms with van der Waals surface area (Å²) in [7, 11) is 0. The number of carbonyl (C=O) groups is 1. The smallest absolute Gasteiger partial charge is 0.204 e. The van der Waals surface area contributed by atoms with Gasteiger partial charge in [-0.15, -0.1) is 0 Å². The topological polar surface area (TPSA) is 43.1 Å². The van der Waals surface area contributed by atoms with Gasteiger partial charge in [0.15, 0.2) is 0 Å². The van der Waals surface area contributed by atoms with E-state index in [0.717, 1.165) is 0 Å². The number of nitrogens with two attached hydrogens (primary N) is 1. The molecule has 0 heterocycles. The number of carbonyl (C=O) groups excluding carboxylic acids is 1. The average Bonchev–Trinajstić information content (AvgIpc) is 0.918. The second kappa shape index (κ2) is 12.1. The van der Waals surface area contributed by atoms with Crippen molar-refractivity contribution in [2.45, 2.75) is 0 Å². The van der Waals surface area contributed by atoms with E-state index in [1.807, 2.05) is 0 Å². The van der Waals surface area contributed by atoms with Crippen LogP contribution in [-0.4, -0.2) is 23.5 Å². The fraction of sp³-hybridized carbons (Fsp3) is 0. The molecule has 0 aliphatic carbocycles. The Labute approximate surface area is 34.8 Å². The molecule has 0 fully saturated rings. The molecular formula is CH3NOSe. The van der Waals surface area contributed by atoms with Crippen LogP contribution in [0.3, 0.4) is 0 Å². The molecule has 0 aromatic rings. The maximum Gasteiger partial charge on any atom is 0.204 e. The van der Waals surface area contributed by atoms with Gasteiger partial charge in [-0.3, -0.25) is 4.79 Å². The maximum absolute atomic E-state index is 8.58. The van der Waals surface area contributed by atoms with Crippen molar-refractivity contribution < 1.29 is 4.79 Å². The maximum atomic E-state index is 8.58. The van der Waals surface area contributed by atoms with E-state index in [2.05, 4.69) is 5.73 Å². The van der Waals surface area contributed by atoms with Gasteiger partial charge in [-0.05, 0) is 0 Å². The molecule has 24 valence electrons. The zero-order chi connectivity index (χ0) is 2.71. The molecule has 2 N–H and O–H groups in total. The van der Waals surface area contributed by atoms with Gasteiger partial charge in [-0.25, -0.2) is 0 Å². The molecule has 4 heavy (non-hydrogen) atoms. The third-order valence-corrected chi connectivity index (χ3v) is 0. The largest absolute Gasteiger partial charge is 0.372 e. The number of primary amides is 1. The van der Waals surface area contributed by atoms with Gasteiger partial charge < -0.3 is 5.73 Å². The van der Waals surface area contributed by atoms with Gasteiger partial charge in [0.25, 0.3) is 0 Å². The normalized spacial score (nSPS) is 3.00. The van der Waals surface area contributed by atoms with E-state index in [0.29, 0.717) is 0 Å². The standard InChI is InChI=1S/CH3NO.Se/c2-1-3;/h1H,(H2,2,3);. The van der Waals surface area contributed by atoms with Crippen LogP contribution in [0.15, 0.2) is 0 Å². The molecular weight excluding hydrogens is 121 g/mol. The van der Waals surface area contributed by atoms with Crippen LogP contribution in [0, 0.1) is 0 Å². The number of hydrogen-bond acceptors (Lipinski definition) is 1. The molecule has 2 nitrogen and oxygen atoms in total. The monoisotopic (exact) mass is 125 g/mol. The van der Waals surface area contributed by atoms with Crippen LogP contribution in [0.5, 0.6) is 0 Å². The average molecular weight is 124 g/mol. The van der Waals surface area contributed by atoms with Gasteiger partial charge in [0, 0.05) is 17.1 Å². The van der Waals surface area contributed by atoms with E-state index < -0.39 is 0 Å². The summed E-state index contributed by atoms with van der Waals surface area (Å²) in [5, 5.41) is 0. The molecule has 0 spiro atoms. The Kier molecular flexibility index (Phi) is 27.2. The Morgan fingerprint density at radius 3 is 1.75 bits per heavy atom. The molecule has 0 aromatic carbocycles. The predicted molar refractivity (Wildman–Crippen MR) is 16.0 cm³/mol. The van der Waals surface area contributed by atoms with Crippen molar-refractivity contribution in [2.24, 2.45) is 5.73 Å².